The average Bonchev–Trinajstić information content (AvgIpc) is 2.68. The lowest BCUT2D eigenvalue weighted by Gasteiger charge is -2.07. The lowest BCUT2D eigenvalue weighted by Crippen LogP contribution is -2.12. The topological polar surface area (TPSA) is 61.3 Å². The Morgan fingerprint density at radius 3 is 2.46 bits per heavy atom. The Balaban J connectivity index is 1.70. The first-order chi connectivity index (χ1) is 12.7. The zero-order valence-corrected chi connectivity index (χ0v) is 16.3. The molecule has 0 fully saturated rings. The highest BCUT2D eigenvalue weighted by atomic mass is 79.9. The number of ether oxygens (including phenoxy) is 2. The highest BCUT2D eigenvalue weighted by Crippen LogP contribution is 2.24. The van der Waals surface area contributed by atoms with Crippen molar-refractivity contribution in [1.82, 2.24) is 9.97 Å². The summed E-state index contributed by atoms with van der Waals surface area (Å²) in [5.41, 5.74) is 1.35. The molecule has 3 rings (SSSR count). The van der Waals surface area contributed by atoms with Gasteiger partial charge in [0, 0.05) is 11.9 Å². The number of carbonyl (C=O) groups excluding carboxylic acids is 1. The predicted octanol–water partition coefficient (Wildman–Crippen LogP) is 4.76. The van der Waals surface area contributed by atoms with Crippen LogP contribution in [0, 0.1) is 0 Å². The van der Waals surface area contributed by atoms with Gasteiger partial charge in [-0.3, -0.25) is 0 Å². The van der Waals surface area contributed by atoms with Crippen molar-refractivity contribution in [2.75, 3.05) is 7.11 Å². The predicted molar refractivity (Wildman–Crippen MR) is 104 cm³/mol. The SMILES string of the molecule is COc1ccc(OC(=O)c2nc(SCc3ccccc3)ncc2Br)cc1. The molecule has 0 saturated heterocycles. The quantitative estimate of drug-likeness (QED) is 0.243. The number of hydrogen-bond donors (Lipinski definition) is 0. The minimum absolute atomic E-state index is 0.186. The lowest BCUT2D eigenvalue weighted by molar-refractivity contribution is 0.0726. The van der Waals surface area contributed by atoms with E-state index in [4.69, 9.17) is 9.47 Å². The first-order valence-corrected chi connectivity index (χ1v) is 9.49. The van der Waals surface area contributed by atoms with Gasteiger partial charge in [0.05, 0.1) is 11.6 Å². The van der Waals surface area contributed by atoms with E-state index >= 15 is 0 Å². The molecule has 132 valence electrons. The lowest BCUT2D eigenvalue weighted by atomic mass is 10.2. The highest BCUT2D eigenvalue weighted by molar-refractivity contribution is 9.10. The Morgan fingerprint density at radius 1 is 1.08 bits per heavy atom. The van der Waals surface area contributed by atoms with Gasteiger partial charge in [0.15, 0.2) is 10.9 Å². The summed E-state index contributed by atoms with van der Waals surface area (Å²) < 4.78 is 10.9. The third-order valence-electron chi connectivity index (χ3n) is 3.40. The number of benzene rings is 2. The van der Waals surface area contributed by atoms with Crippen LogP contribution in [0.3, 0.4) is 0 Å². The smallest absolute Gasteiger partial charge is 0.363 e. The fraction of sp³-hybridized carbons (Fsp3) is 0.105. The molecule has 0 spiro atoms. The van der Waals surface area contributed by atoms with Crippen LogP contribution in [0.4, 0.5) is 0 Å². The van der Waals surface area contributed by atoms with Crippen LogP contribution >= 0.6 is 27.7 Å². The molecule has 0 bridgehead atoms. The number of esters is 1. The molecular weight excluding hydrogens is 416 g/mol. The van der Waals surface area contributed by atoms with Crippen LogP contribution in [-0.2, 0) is 5.75 Å². The second-order valence-corrected chi connectivity index (χ2v) is 6.99. The zero-order valence-electron chi connectivity index (χ0n) is 13.9. The van der Waals surface area contributed by atoms with Gasteiger partial charge in [-0.05, 0) is 45.8 Å². The van der Waals surface area contributed by atoms with Crippen molar-refractivity contribution >= 4 is 33.7 Å². The summed E-state index contributed by atoms with van der Waals surface area (Å²) in [5.74, 6) is 1.27. The van der Waals surface area contributed by atoms with Crippen molar-refractivity contribution in [2.45, 2.75) is 10.9 Å². The molecule has 1 heterocycles. The number of carbonyl (C=O) groups is 1. The Labute approximate surface area is 163 Å². The number of halogens is 1. The van der Waals surface area contributed by atoms with E-state index in [0.29, 0.717) is 21.1 Å². The Bertz CT molecular complexity index is 889. The summed E-state index contributed by atoms with van der Waals surface area (Å²) >= 11 is 4.77. The van der Waals surface area contributed by atoms with Crippen molar-refractivity contribution in [3.05, 3.63) is 76.5 Å². The molecule has 0 N–H and O–H groups in total. The van der Waals surface area contributed by atoms with E-state index < -0.39 is 5.97 Å². The van der Waals surface area contributed by atoms with E-state index in [2.05, 4.69) is 25.9 Å². The molecule has 0 unspecified atom stereocenters. The Hall–Kier alpha value is -2.38. The van der Waals surface area contributed by atoms with E-state index in [9.17, 15) is 4.79 Å². The number of methoxy groups -OCH3 is 1. The number of nitrogens with zero attached hydrogens (tertiary/aromatic N) is 2. The van der Waals surface area contributed by atoms with Crippen LogP contribution in [0.2, 0.25) is 0 Å². The van der Waals surface area contributed by atoms with Crippen LogP contribution < -0.4 is 9.47 Å². The summed E-state index contributed by atoms with van der Waals surface area (Å²) in [6.07, 6.45) is 1.56. The summed E-state index contributed by atoms with van der Waals surface area (Å²) in [4.78, 5) is 21.0. The monoisotopic (exact) mass is 430 g/mol. The molecule has 0 amide bonds. The Morgan fingerprint density at radius 2 is 1.77 bits per heavy atom. The molecule has 7 heteroatoms. The molecule has 5 nitrogen and oxygen atoms in total. The fourth-order valence-corrected chi connectivity index (χ4v) is 3.21. The third-order valence-corrected chi connectivity index (χ3v) is 4.91. The van der Waals surface area contributed by atoms with Gasteiger partial charge < -0.3 is 9.47 Å². The van der Waals surface area contributed by atoms with Gasteiger partial charge in [0.1, 0.15) is 11.5 Å². The molecule has 3 aromatic rings. The number of thioether (sulfide) groups is 1. The molecule has 0 aliphatic heterocycles. The molecule has 0 atom stereocenters. The minimum Gasteiger partial charge on any atom is -0.497 e. The molecule has 1 aromatic heterocycles. The molecule has 26 heavy (non-hydrogen) atoms. The van der Waals surface area contributed by atoms with Crippen LogP contribution in [0.5, 0.6) is 11.5 Å². The standard InChI is InChI=1S/C19H15BrN2O3S/c1-24-14-7-9-15(10-8-14)25-18(23)17-16(20)11-21-19(22-17)26-12-13-5-3-2-4-6-13/h2-11H,12H2,1H3. The maximum absolute atomic E-state index is 12.4. The van der Waals surface area contributed by atoms with E-state index in [0.717, 1.165) is 11.3 Å². The number of rotatable bonds is 6. The van der Waals surface area contributed by atoms with Gasteiger partial charge in [0.25, 0.3) is 0 Å². The first-order valence-electron chi connectivity index (χ1n) is 7.71. The minimum atomic E-state index is -0.550. The van der Waals surface area contributed by atoms with Crippen LogP contribution in [0.15, 0.2) is 70.4 Å². The maximum Gasteiger partial charge on any atom is 0.363 e. The van der Waals surface area contributed by atoms with Crippen LogP contribution in [0.25, 0.3) is 0 Å². The summed E-state index contributed by atoms with van der Waals surface area (Å²) in [6, 6.07) is 16.8. The van der Waals surface area contributed by atoms with E-state index in [-0.39, 0.29) is 5.69 Å². The van der Waals surface area contributed by atoms with Gasteiger partial charge in [-0.2, -0.15) is 0 Å². The molecular formula is C19H15BrN2O3S. The van der Waals surface area contributed by atoms with Gasteiger partial charge in [-0.15, -0.1) is 0 Å². The molecule has 0 aliphatic rings. The van der Waals surface area contributed by atoms with Crippen molar-refractivity contribution in [2.24, 2.45) is 0 Å². The number of aromatic nitrogens is 2. The van der Waals surface area contributed by atoms with Crippen LogP contribution in [0.1, 0.15) is 16.1 Å². The summed E-state index contributed by atoms with van der Waals surface area (Å²) in [5, 5.41) is 0.513. The summed E-state index contributed by atoms with van der Waals surface area (Å²) in [7, 11) is 1.58. The van der Waals surface area contributed by atoms with Gasteiger partial charge in [0.2, 0.25) is 0 Å². The number of hydrogen-bond acceptors (Lipinski definition) is 6. The van der Waals surface area contributed by atoms with Gasteiger partial charge >= 0.3 is 5.97 Å². The normalized spacial score (nSPS) is 10.4. The maximum atomic E-state index is 12.4. The largest absolute Gasteiger partial charge is 0.497 e. The van der Waals surface area contributed by atoms with E-state index in [1.807, 2.05) is 30.3 Å². The molecule has 0 aliphatic carbocycles. The van der Waals surface area contributed by atoms with Crippen molar-refractivity contribution in [1.29, 1.82) is 0 Å². The fourth-order valence-electron chi connectivity index (χ4n) is 2.08. The van der Waals surface area contributed by atoms with Crippen molar-refractivity contribution < 1.29 is 14.3 Å². The van der Waals surface area contributed by atoms with Crippen LogP contribution in [-0.4, -0.2) is 23.0 Å². The van der Waals surface area contributed by atoms with E-state index in [1.165, 1.54) is 11.8 Å². The highest BCUT2D eigenvalue weighted by Gasteiger charge is 2.16. The third kappa shape index (κ3) is 4.83. The van der Waals surface area contributed by atoms with Gasteiger partial charge in [-0.1, -0.05) is 42.1 Å². The van der Waals surface area contributed by atoms with Gasteiger partial charge in [-0.25, -0.2) is 14.8 Å². The second-order valence-electron chi connectivity index (χ2n) is 5.19. The Kier molecular flexibility index (Phi) is 6.25. The zero-order chi connectivity index (χ0) is 18.4. The second kappa shape index (κ2) is 8.82. The van der Waals surface area contributed by atoms with Crippen molar-refractivity contribution in [3.8, 4) is 11.5 Å². The molecule has 2 aromatic carbocycles. The first kappa shape index (κ1) is 18.4. The summed E-state index contributed by atoms with van der Waals surface area (Å²) in [6.45, 7) is 0. The van der Waals surface area contributed by atoms with Crippen molar-refractivity contribution in [3.63, 3.8) is 0 Å². The average molecular weight is 431 g/mol. The van der Waals surface area contributed by atoms with E-state index in [1.54, 1.807) is 37.6 Å². The molecule has 0 saturated carbocycles. The molecule has 0 radical (unpaired) electrons.